The number of rotatable bonds is 5. The number of carboxylic acids is 1. The summed E-state index contributed by atoms with van der Waals surface area (Å²) in [6.07, 6.45) is 0.181. The van der Waals surface area contributed by atoms with Gasteiger partial charge >= 0.3 is 5.97 Å². The minimum absolute atomic E-state index is 0.181. The van der Waals surface area contributed by atoms with Crippen molar-refractivity contribution in [3.8, 4) is 5.75 Å². The minimum atomic E-state index is -0.942. The van der Waals surface area contributed by atoms with Crippen LogP contribution in [0, 0.1) is 5.82 Å². The molecule has 0 aromatic heterocycles. The third-order valence-electron chi connectivity index (χ3n) is 3.17. The van der Waals surface area contributed by atoms with E-state index in [-0.39, 0.29) is 6.42 Å². The van der Waals surface area contributed by atoms with Gasteiger partial charge in [-0.2, -0.15) is 0 Å². The lowest BCUT2D eigenvalue weighted by Crippen LogP contribution is -2.15. The smallest absolute Gasteiger partial charge is 0.311 e. The summed E-state index contributed by atoms with van der Waals surface area (Å²) in [6.45, 7) is 0. The zero-order chi connectivity index (χ0) is 14.5. The Morgan fingerprint density at radius 2 is 1.95 bits per heavy atom. The molecular weight excluding hydrogens is 259 g/mol. The quantitative estimate of drug-likeness (QED) is 0.910. The average molecular weight is 274 g/mol. The molecule has 20 heavy (non-hydrogen) atoms. The van der Waals surface area contributed by atoms with Crippen LogP contribution in [-0.4, -0.2) is 18.2 Å². The second kappa shape index (κ2) is 6.19. The number of methoxy groups -OCH3 is 1. The Labute approximate surface area is 116 Å². The third-order valence-corrected chi connectivity index (χ3v) is 3.17. The first-order valence-corrected chi connectivity index (χ1v) is 6.22. The highest BCUT2D eigenvalue weighted by atomic mass is 19.1. The van der Waals surface area contributed by atoms with Gasteiger partial charge in [-0.05, 0) is 35.7 Å². The van der Waals surface area contributed by atoms with Gasteiger partial charge in [0.2, 0.25) is 0 Å². The molecule has 1 N–H and O–H groups in total. The summed E-state index contributed by atoms with van der Waals surface area (Å²) in [6, 6.07) is 13.0. The first kappa shape index (κ1) is 14.1. The molecule has 0 saturated heterocycles. The first-order chi connectivity index (χ1) is 9.61. The lowest BCUT2D eigenvalue weighted by atomic mass is 9.91. The Kier molecular flexibility index (Phi) is 4.35. The summed E-state index contributed by atoms with van der Waals surface area (Å²) in [7, 11) is 1.48. The predicted octanol–water partition coefficient (Wildman–Crippen LogP) is 3.25. The number of benzene rings is 2. The molecule has 104 valence electrons. The number of carboxylic acid groups (broad SMARTS) is 1. The van der Waals surface area contributed by atoms with Crippen molar-refractivity contribution >= 4 is 5.97 Å². The highest BCUT2D eigenvalue weighted by Crippen LogP contribution is 2.27. The molecule has 0 heterocycles. The van der Waals surface area contributed by atoms with Crippen molar-refractivity contribution in [2.75, 3.05) is 7.11 Å². The molecule has 0 aliphatic carbocycles. The van der Waals surface area contributed by atoms with E-state index < -0.39 is 17.7 Å². The highest BCUT2D eigenvalue weighted by molar-refractivity contribution is 5.76. The molecule has 2 aromatic rings. The van der Waals surface area contributed by atoms with Crippen molar-refractivity contribution in [1.82, 2.24) is 0 Å². The van der Waals surface area contributed by atoms with Crippen LogP contribution >= 0.6 is 0 Å². The zero-order valence-corrected chi connectivity index (χ0v) is 11.0. The number of hydrogen-bond acceptors (Lipinski definition) is 2. The van der Waals surface area contributed by atoms with Crippen LogP contribution in [0.5, 0.6) is 5.75 Å². The van der Waals surface area contributed by atoms with Gasteiger partial charge in [0.25, 0.3) is 0 Å². The molecule has 1 unspecified atom stereocenters. The second-order valence-corrected chi connectivity index (χ2v) is 4.46. The highest BCUT2D eigenvalue weighted by Gasteiger charge is 2.22. The Morgan fingerprint density at radius 3 is 2.55 bits per heavy atom. The molecule has 4 heteroatoms. The van der Waals surface area contributed by atoms with Crippen molar-refractivity contribution in [3.63, 3.8) is 0 Å². The number of aliphatic carboxylic acids is 1. The van der Waals surface area contributed by atoms with Crippen LogP contribution in [0.4, 0.5) is 4.39 Å². The van der Waals surface area contributed by atoms with E-state index in [2.05, 4.69) is 0 Å². The van der Waals surface area contributed by atoms with Gasteiger partial charge in [-0.25, -0.2) is 4.39 Å². The Bertz CT molecular complexity index is 596. The van der Waals surface area contributed by atoms with Gasteiger partial charge in [-0.15, -0.1) is 0 Å². The largest absolute Gasteiger partial charge is 0.496 e. The number of ether oxygens (including phenoxy) is 1. The van der Waals surface area contributed by atoms with Crippen LogP contribution in [0.15, 0.2) is 48.5 Å². The maximum absolute atomic E-state index is 13.3. The Balaban J connectivity index is 2.34. The molecule has 0 fully saturated rings. The van der Waals surface area contributed by atoms with Gasteiger partial charge in [0, 0.05) is 0 Å². The molecular formula is C16H15FO3. The topological polar surface area (TPSA) is 46.5 Å². The van der Waals surface area contributed by atoms with Gasteiger partial charge in [0.05, 0.1) is 13.0 Å². The summed E-state index contributed by atoms with van der Waals surface area (Å²) >= 11 is 0. The van der Waals surface area contributed by atoms with Gasteiger partial charge in [-0.1, -0.05) is 30.3 Å². The SMILES string of the molecule is COc1ccc(F)cc1CC(C(=O)O)c1ccccc1. The fourth-order valence-corrected chi connectivity index (χ4v) is 2.16. The summed E-state index contributed by atoms with van der Waals surface area (Å²) in [5.41, 5.74) is 1.23. The Hall–Kier alpha value is -2.36. The first-order valence-electron chi connectivity index (χ1n) is 6.22. The van der Waals surface area contributed by atoms with E-state index in [9.17, 15) is 14.3 Å². The number of halogens is 1. The van der Waals surface area contributed by atoms with Crippen molar-refractivity contribution in [1.29, 1.82) is 0 Å². The van der Waals surface area contributed by atoms with E-state index in [1.807, 2.05) is 6.07 Å². The maximum Gasteiger partial charge on any atom is 0.311 e. The maximum atomic E-state index is 13.3. The molecule has 0 amide bonds. The van der Waals surface area contributed by atoms with Crippen LogP contribution in [0.2, 0.25) is 0 Å². The lowest BCUT2D eigenvalue weighted by molar-refractivity contribution is -0.138. The molecule has 0 radical (unpaired) electrons. The summed E-state index contributed by atoms with van der Waals surface area (Å²) in [5.74, 6) is -1.58. The number of hydrogen-bond donors (Lipinski definition) is 1. The van der Waals surface area contributed by atoms with Crippen molar-refractivity contribution in [2.45, 2.75) is 12.3 Å². The average Bonchev–Trinajstić information content (AvgIpc) is 2.45. The molecule has 1 atom stereocenters. The van der Waals surface area contributed by atoms with E-state index in [1.165, 1.54) is 25.3 Å². The molecule has 0 spiro atoms. The molecule has 0 aliphatic rings. The molecule has 0 saturated carbocycles. The van der Waals surface area contributed by atoms with E-state index >= 15 is 0 Å². The summed E-state index contributed by atoms with van der Waals surface area (Å²) < 4.78 is 18.5. The third kappa shape index (κ3) is 3.15. The van der Waals surface area contributed by atoms with E-state index in [0.717, 1.165) is 0 Å². The van der Waals surface area contributed by atoms with Crippen molar-refractivity contribution in [3.05, 3.63) is 65.5 Å². The van der Waals surface area contributed by atoms with Crippen LogP contribution in [0.25, 0.3) is 0 Å². The second-order valence-electron chi connectivity index (χ2n) is 4.46. The van der Waals surface area contributed by atoms with Crippen molar-refractivity contribution in [2.24, 2.45) is 0 Å². The molecule has 2 rings (SSSR count). The van der Waals surface area contributed by atoms with Gasteiger partial charge in [-0.3, -0.25) is 4.79 Å². The molecule has 3 nitrogen and oxygen atoms in total. The summed E-state index contributed by atoms with van der Waals surface area (Å²) in [5, 5.41) is 9.39. The van der Waals surface area contributed by atoms with Crippen LogP contribution in [0.3, 0.4) is 0 Å². The van der Waals surface area contributed by atoms with Gasteiger partial charge < -0.3 is 9.84 Å². The minimum Gasteiger partial charge on any atom is -0.496 e. The van der Waals surface area contributed by atoms with E-state index in [4.69, 9.17) is 4.74 Å². The zero-order valence-electron chi connectivity index (χ0n) is 11.0. The monoisotopic (exact) mass is 274 g/mol. The standard InChI is InChI=1S/C16H15FO3/c1-20-15-8-7-13(17)9-12(15)10-14(16(18)19)11-5-3-2-4-6-11/h2-9,14H,10H2,1H3,(H,18,19). The molecule has 0 aliphatic heterocycles. The van der Waals surface area contributed by atoms with Crippen LogP contribution in [-0.2, 0) is 11.2 Å². The predicted molar refractivity (Wildman–Crippen MR) is 73.5 cm³/mol. The molecule has 0 bridgehead atoms. The molecule has 2 aromatic carbocycles. The van der Waals surface area contributed by atoms with Crippen LogP contribution in [0.1, 0.15) is 17.0 Å². The van der Waals surface area contributed by atoms with E-state index in [1.54, 1.807) is 24.3 Å². The fraction of sp³-hybridized carbons (Fsp3) is 0.188. The van der Waals surface area contributed by atoms with Gasteiger partial charge in [0.15, 0.2) is 0 Å². The number of carbonyl (C=O) groups is 1. The Morgan fingerprint density at radius 1 is 1.25 bits per heavy atom. The lowest BCUT2D eigenvalue weighted by Gasteiger charge is -2.15. The summed E-state index contributed by atoms with van der Waals surface area (Å²) in [4.78, 5) is 11.5. The van der Waals surface area contributed by atoms with Crippen LogP contribution < -0.4 is 4.74 Å². The normalized spacial score (nSPS) is 11.9. The van der Waals surface area contributed by atoms with Gasteiger partial charge in [0.1, 0.15) is 11.6 Å². The van der Waals surface area contributed by atoms with E-state index in [0.29, 0.717) is 16.9 Å². The van der Waals surface area contributed by atoms with Crippen molar-refractivity contribution < 1.29 is 19.0 Å². The fourth-order valence-electron chi connectivity index (χ4n) is 2.16.